The van der Waals surface area contributed by atoms with E-state index in [9.17, 15) is 24.0 Å². The first kappa shape index (κ1) is 29.2. The van der Waals surface area contributed by atoms with E-state index in [-0.39, 0.29) is 6.42 Å². The highest BCUT2D eigenvalue weighted by atomic mass is 32.2. The molecule has 198 valence electrons. The lowest BCUT2D eigenvalue weighted by atomic mass is 10.0. The highest BCUT2D eigenvalue weighted by molar-refractivity contribution is 7.98. The maximum atomic E-state index is 13.4. The monoisotopic (exact) mass is 520 g/mol. The second-order valence-corrected chi connectivity index (χ2v) is 10.1. The number of rotatable bonds is 13. The Hall–Kier alpha value is -3.08. The topological polar surface area (TPSA) is 134 Å². The lowest BCUT2D eigenvalue weighted by Crippen LogP contribution is -2.61. The van der Waals surface area contributed by atoms with Crippen molar-refractivity contribution in [2.75, 3.05) is 25.7 Å². The summed E-state index contributed by atoms with van der Waals surface area (Å²) in [5.41, 5.74) is -0.454. The van der Waals surface area contributed by atoms with Crippen LogP contribution in [0.5, 0.6) is 0 Å². The molecule has 2 rings (SSSR count). The Balaban J connectivity index is 2.10. The minimum Gasteiger partial charge on any atom is -0.467 e. The zero-order valence-corrected chi connectivity index (χ0v) is 22.1. The van der Waals surface area contributed by atoms with Gasteiger partial charge >= 0.3 is 5.97 Å². The molecule has 3 N–H and O–H groups in total. The molecule has 36 heavy (non-hydrogen) atoms. The van der Waals surface area contributed by atoms with Crippen LogP contribution in [0, 0.1) is 0 Å². The number of hydrogen-bond acceptors (Lipinski definition) is 7. The standard InChI is InChI=1S/C25H36N4O6S/c1-25(2,28-21(31)18(26-16-30)12-14-36-4)24(34)29-13-8-11-20(29)22(32)27-19(23(33)35-3)15-17-9-6-5-7-10-17/h5-7,9-10,16,18-20H,8,11-15H2,1-4H3,(H,26,30)(H,27,32)(H,28,31)/t18-,19-,20-/m0/s1. The molecule has 0 bridgehead atoms. The molecule has 3 atom stereocenters. The molecule has 1 aliphatic rings. The van der Waals surface area contributed by atoms with Crippen LogP contribution in [0.3, 0.4) is 0 Å². The van der Waals surface area contributed by atoms with Crippen molar-refractivity contribution in [1.29, 1.82) is 0 Å². The normalized spacial score (nSPS) is 17.0. The van der Waals surface area contributed by atoms with Crippen molar-refractivity contribution in [3.63, 3.8) is 0 Å². The Morgan fingerprint density at radius 1 is 1.19 bits per heavy atom. The van der Waals surface area contributed by atoms with E-state index in [1.807, 2.05) is 36.6 Å². The van der Waals surface area contributed by atoms with Crippen LogP contribution in [-0.2, 0) is 35.1 Å². The summed E-state index contributed by atoms with van der Waals surface area (Å²) in [7, 11) is 1.26. The van der Waals surface area contributed by atoms with Crippen molar-refractivity contribution >= 4 is 41.9 Å². The molecule has 0 radical (unpaired) electrons. The van der Waals surface area contributed by atoms with Gasteiger partial charge in [0.2, 0.25) is 24.1 Å². The molecule has 4 amide bonds. The van der Waals surface area contributed by atoms with Crippen molar-refractivity contribution in [3.8, 4) is 0 Å². The van der Waals surface area contributed by atoms with Crippen LogP contribution in [-0.4, -0.2) is 84.3 Å². The Labute approximate surface area is 216 Å². The second-order valence-electron chi connectivity index (χ2n) is 9.16. The minimum absolute atomic E-state index is 0.253. The summed E-state index contributed by atoms with van der Waals surface area (Å²) in [6.45, 7) is 3.49. The van der Waals surface area contributed by atoms with E-state index >= 15 is 0 Å². The third kappa shape index (κ3) is 7.97. The molecular weight excluding hydrogens is 484 g/mol. The molecular formula is C25H36N4O6S. The first-order chi connectivity index (χ1) is 17.1. The lowest BCUT2D eigenvalue weighted by Gasteiger charge is -2.34. The van der Waals surface area contributed by atoms with Gasteiger partial charge in [0.15, 0.2) is 0 Å². The number of thioether (sulfide) groups is 1. The van der Waals surface area contributed by atoms with Crippen molar-refractivity contribution in [1.82, 2.24) is 20.9 Å². The number of carbonyl (C=O) groups excluding carboxylic acids is 5. The Kier molecular flexibility index (Phi) is 11.2. The van der Waals surface area contributed by atoms with Gasteiger partial charge in [0.1, 0.15) is 23.7 Å². The number of esters is 1. The minimum atomic E-state index is -1.31. The summed E-state index contributed by atoms with van der Waals surface area (Å²) in [5.74, 6) is -1.25. The van der Waals surface area contributed by atoms with Crippen LogP contribution in [0.25, 0.3) is 0 Å². The number of amides is 4. The molecule has 0 spiro atoms. The van der Waals surface area contributed by atoms with E-state index in [0.717, 1.165) is 5.56 Å². The number of hydrogen-bond donors (Lipinski definition) is 3. The predicted octanol–water partition coefficient (Wildman–Crippen LogP) is 0.640. The fourth-order valence-electron chi connectivity index (χ4n) is 4.15. The molecule has 0 aromatic heterocycles. The van der Waals surface area contributed by atoms with E-state index in [4.69, 9.17) is 4.74 Å². The first-order valence-electron chi connectivity index (χ1n) is 11.9. The SMILES string of the molecule is COC(=O)[C@H](Cc1ccccc1)NC(=O)[C@@H]1CCCN1C(=O)C(C)(C)NC(=O)[C@H](CCSC)NC=O. The average Bonchev–Trinajstić information content (AvgIpc) is 3.35. The molecule has 1 aromatic rings. The Bertz CT molecular complexity index is 926. The molecule has 10 nitrogen and oxygen atoms in total. The highest BCUT2D eigenvalue weighted by Gasteiger charge is 2.42. The van der Waals surface area contributed by atoms with Crippen LogP contribution in [0.4, 0.5) is 0 Å². The predicted molar refractivity (Wildman–Crippen MR) is 137 cm³/mol. The lowest BCUT2D eigenvalue weighted by molar-refractivity contribution is -0.148. The molecule has 1 aromatic carbocycles. The summed E-state index contributed by atoms with van der Waals surface area (Å²) >= 11 is 1.54. The van der Waals surface area contributed by atoms with Gasteiger partial charge in [0.25, 0.3) is 0 Å². The van der Waals surface area contributed by atoms with Gasteiger partial charge in [-0.2, -0.15) is 11.8 Å². The maximum Gasteiger partial charge on any atom is 0.328 e. The molecule has 1 heterocycles. The summed E-state index contributed by atoms with van der Waals surface area (Å²) in [5, 5.41) is 7.96. The van der Waals surface area contributed by atoms with Gasteiger partial charge in [-0.25, -0.2) is 4.79 Å². The zero-order valence-electron chi connectivity index (χ0n) is 21.2. The maximum absolute atomic E-state index is 13.4. The van der Waals surface area contributed by atoms with Gasteiger partial charge in [-0.05, 0) is 50.7 Å². The highest BCUT2D eigenvalue weighted by Crippen LogP contribution is 2.22. The quantitative estimate of drug-likeness (QED) is 0.257. The number of ether oxygens (including phenoxy) is 1. The van der Waals surface area contributed by atoms with E-state index < -0.39 is 47.4 Å². The van der Waals surface area contributed by atoms with Gasteiger partial charge in [0, 0.05) is 13.0 Å². The number of carbonyl (C=O) groups is 5. The number of likely N-dealkylation sites (tertiary alicyclic amines) is 1. The molecule has 0 saturated carbocycles. The summed E-state index contributed by atoms with van der Waals surface area (Å²) in [6.07, 6.45) is 4.08. The summed E-state index contributed by atoms with van der Waals surface area (Å²) in [6, 6.07) is 6.80. The fourth-order valence-corrected chi connectivity index (χ4v) is 4.62. The first-order valence-corrected chi connectivity index (χ1v) is 13.3. The smallest absolute Gasteiger partial charge is 0.328 e. The largest absolute Gasteiger partial charge is 0.467 e. The van der Waals surface area contributed by atoms with Gasteiger partial charge < -0.3 is 25.6 Å². The Morgan fingerprint density at radius 3 is 2.50 bits per heavy atom. The number of nitrogens with one attached hydrogen (secondary N) is 3. The van der Waals surface area contributed by atoms with Crippen molar-refractivity contribution < 1.29 is 28.7 Å². The third-order valence-corrected chi connectivity index (χ3v) is 6.71. The molecule has 0 aliphatic carbocycles. The molecule has 1 aliphatic heterocycles. The van der Waals surface area contributed by atoms with E-state index in [1.54, 1.807) is 25.6 Å². The van der Waals surface area contributed by atoms with Gasteiger partial charge in [-0.15, -0.1) is 0 Å². The molecule has 11 heteroatoms. The van der Waals surface area contributed by atoms with E-state index in [1.165, 1.54) is 12.0 Å². The van der Waals surface area contributed by atoms with Gasteiger partial charge in [-0.1, -0.05) is 30.3 Å². The van der Waals surface area contributed by atoms with Crippen molar-refractivity contribution in [2.45, 2.75) is 63.2 Å². The van der Waals surface area contributed by atoms with Gasteiger partial charge in [0.05, 0.1) is 7.11 Å². The fraction of sp³-hybridized carbons (Fsp3) is 0.560. The summed E-state index contributed by atoms with van der Waals surface area (Å²) in [4.78, 5) is 64.1. The Morgan fingerprint density at radius 2 is 1.89 bits per heavy atom. The molecule has 1 fully saturated rings. The molecule has 1 saturated heterocycles. The van der Waals surface area contributed by atoms with Crippen LogP contribution in [0.2, 0.25) is 0 Å². The molecule has 0 unspecified atom stereocenters. The van der Waals surface area contributed by atoms with E-state index in [0.29, 0.717) is 38.0 Å². The van der Waals surface area contributed by atoms with Crippen LogP contribution in [0.1, 0.15) is 38.7 Å². The van der Waals surface area contributed by atoms with Crippen LogP contribution in [0.15, 0.2) is 30.3 Å². The average molecular weight is 521 g/mol. The van der Waals surface area contributed by atoms with Crippen molar-refractivity contribution in [2.24, 2.45) is 0 Å². The zero-order chi connectivity index (χ0) is 26.7. The second kappa shape index (κ2) is 13.9. The number of methoxy groups -OCH3 is 1. The third-order valence-electron chi connectivity index (χ3n) is 6.07. The van der Waals surface area contributed by atoms with Gasteiger partial charge in [-0.3, -0.25) is 19.2 Å². The van der Waals surface area contributed by atoms with E-state index in [2.05, 4.69) is 16.0 Å². The number of benzene rings is 1. The van der Waals surface area contributed by atoms with Crippen LogP contribution >= 0.6 is 11.8 Å². The number of nitrogens with zero attached hydrogens (tertiary/aromatic N) is 1. The van der Waals surface area contributed by atoms with Crippen molar-refractivity contribution in [3.05, 3.63) is 35.9 Å². The summed E-state index contributed by atoms with van der Waals surface area (Å²) < 4.78 is 4.88. The van der Waals surface area contributed by atoms with Crippen LogP contribution < -0.4 is 16.0 Å².